The molecule has 1 heterocycles. The molecule has 1 aromatic carbocycles. The summed E-state index contributed by atoms with van der Waals surface area (Å²) in [6.45, 7) is 6.26. The van der Waals surface area contributed by atoms with Crippen LogP contribution in [0, 0.1) is 0 Å². The van der Waals surface area contributed by atoms with Crippen LogP contribution in [0.5, 0.6) is 5.75 Å². The van der Waals surface area contributed by atoms with Crippen LogP contribution < -0.4 is 10.1 Å². The summed E-state index contributed by atoms with van der Waals surface area (Å²) in [5.41, 5.74) is 1.12. The van der Waals surface area contributed by atoms with Crippen LogP contribution in [0.4, 0.5) is 13.2 Å². The Balaban J connectivity index is 0.00000392. The topological polar surface area (TPSA) is 40.1 Å². The summed E-state index contributed by atoms with van der Waals surface area (Å²) in [5.74, 6) is 1.61. The van der Waals surface area contributed by atoms with Crippen molar-refractivity contribution in [2.45, 2.75) is 32.5 Å². The standard InChI is InChI=1S/C19H29F3N4O.HI/c1-4-27-17-8-6-5-7-16(17)9-10-24-18(23-3)26-13-11-25(12-14-26)15(2)19(20,21)22;/h5-8,15H,4,9-14H2,1-3H3,(H,23,24);1H. The zero-order chi connectivity index (χ0) is 19.9. The molecule has 0 aliphatic carbocycles. The van der Waals surface area contributed by atoms with Gasteiger partial charge in [-0.15, -0.1) is 24.0 Å². The van der Waals surface area contributed by atoms with Gasteiger partial charge in [-0.05, 0) is 31.9 Å². The second-order valence-corrected chi connectivity index (χ2v) is 6.51. The van der Waals surface area contributed by atoms with E-state index in [4.69, 9.17) is 4.74 Å². The molecule has 0 spiro atoms. The van der Waals surface area contributed by atoms with Crippen molar-refractivity contribution in [3.63, 3.8) is 0 Å². The van der Waals surface area contributed by atoms with Gasteiger partial charge >= 0.3 is 6.18 Å². The van der Waals surface area contributed by atoms with Crippen LogP contribution in [-0.2, 0) is 6.42 Å². The van der Waals surface area contributed by atoms with Crippen molar-refractivity contribution in [2.75, 3.05) is 46.4 Å². The van der Waals surface area contributed by atoms with E-state index in [1.807, 2.05) is 36.1 Å². The van der Waals surface area contributed by atoms with E-state index >= 15 is 0 Å². The molecule has 1 aliphatic heterocycles. The van der Waals surface area contributed by atoms with Crippen LogP contribution in [-0.4, -0.2) is 74.4 Å². The van der Waals surface area contributed by atoms with Crippen LogP contribution in [0.25, 0.3) is 0 Å². The van der Waals surface area contributed by atoms with E-state index in [1.54, 1.807) is 7.05 Å². The lowest BCUT2D eigenvalue weighted by atomic mass is 10.1. The van der Waals surface area contributed by atoms with Crippen LogP contribution in [0.2, 0.25) is 0 Å². The Morgan fingerprint density at radius 1 is 1.21 bits per heavy atom. The molecule has 0 bridgehead atoms. The van der Waals surface area contributed by atoms with Gasteiger partial charge < -0.3 is 15.0 Å². The molecule has 0 radical (unpaired) electrons. The number of para-hydroxylation sites is 1. The van der Waals surface area contributed by atoms with Gasteiger partial charge in [0.05, 0.1) is 6.61 Å². The SMILES string of the molecule is CCOc1ccccc1CCNC(=NC)N1CCN(C(C)C(F)(F)F)CC1.I. The number of piperazine rings is 1. The first-order valence-corrected chi connectivity index (χ1v) is 9.33. The smallest absolute Gasteiger partial charge is 0.403 e. The molecule has 0 saturated carbocycles. The molecule has 9 heteroatoms. The number of halogens is 4. The first-order valence-electron chi connectivity index (χ1n) is 9.33. The Hall–Kier alpha value is -1.23. The minimum absolute atomic E-state index is 0. The third-order valence-corrected chi connectivity index (χ3v) is 4.80. The number of ether oxygens (including phenoxy) is 1. The second-order valence-electron chi connectivity index (χ2n) is 6.51. The lowest BCUT2D eigenvalue weighted by Gasteiger charge is -2.39. The fourth-order valence-electron chi connectivity index (χ4n) is 3.18. The maximum atomic E-state index is 12.9. The summed E-state index contributed by atoms with van der Waals surface area (Å²) in [4.78, 5) is 7.76. The fraction of sp³-hybridized carbons (Fsp3) is 0.632. The van der Waals surface area contributed by atoms with Gasteiger partial charge in [-0.25, -0.2) is 0 Å². The highest BCUT2D eigenvalue weighted by Crippen LogP contribution is 2.25. The number of nitrogens with one attached hydrogen (secondary N) is 1. The Bertz CT molecular complexity index is 619. The number of rotatable bonds is 6. The summed E-state index contributed by atoms with van der Waals surface area (Å²) in [6.07, 6.45) is -3.41. The molecule has 1 atom stereocenters. The molecule has 1 aliphatic rings. The molecular formula is C19H30F3IN4O. The van der Waals surface area contributed by atoms with E-state index in [9.17, 15) is 13.2 Å². The maximum Gasteiger partial charge on any atom is 0.403 e. The molecule has 1 unspecified atom stereocenters. The average Bonchev–Trinajstić information content (AvgIpc) is 2.65. The highest BCUT2D eigenvalue weighted by Gasteiger charge is 2.41. The van der Waals surface area contributed by atoms with Gasteiger partial charge in [0.2, 0.25) is 0 Å². The minimum Gasteiger partial charge on any atom is -0.494 e. The van der Waals surface area contributed by atoms with Gasteiger partial charge in [0.15, 0.2) is 5.96 Å². The quantitative estimate of drug-likeness (QED) is 0.359. The Morgan fingerprint density at radius 2 is 1.86 bits per heavy atom. The number of nitrogens with zero attached hydrogens (tertiary/aromatic N) is 3. The van der Waals surface area contributed by atoms with E-state index in [0.717, 1.165) is 23.7 Å². The van der Waals surface area contributed by atoms with Crippen molar-refractivity contribution in [2.24, 2.45) is 4.99 Å². The van der Waals surface area contributed by atoms with Gasteiger partial charge in [0.1, 0.15) is 11.8 Å². The zero-order valence-electron chi connectivity index (χ0n) is 16.6. The molecule has 0 amide bonds. The molecular weight excluding hydrogens is 484 g/mol. The lowest BCUT2D eigenvalue weighted by molar-refractivity contribution is -0.181. The van der Waals surface area contributed by atoms with Crippen LogP contribution in [0.3, 0.4) is 0 Å². The number of guanidine groups is 1. The molecule has 160 valence electrons. The number of hydrogen-bond acceptors (Lipinski definition) is 3. The predicted octanol–water partition coefficient (Wildman–Crippen LogP) is 3.39. The van der Waals surface area contributed by atoms with Crippen molar-refractivity contribution in [3.8, 4) is 5.75 Å². The van der Waals surface area contributed by atoms with E-state index < -0.39 is 12.2 Å². The van der Waals surface area contributed by atoms with Crippen LogP contribution >= 0.6 is 24.0 Å². The van der Waals surface area contributed by atoms with Crippen molar-refractivity contribution in [1.29, 1.82) is 0 Å². The lowest BCUT2D eigenvalue weighted by Crippen LogP contribution is -2.56. The number of aliphatic imine (C=N–C) groups is 1. The molecule has 2 rings (SSSR count). The van der Waals surface area contributed by atoms with Gasteiger partial charge in [-0.3, -0.25) is 9.89 Å². The molecule has 1 aromatic rings. The second kappa shape index (κ2) is 11.7. The molecule has 1 saturated heterocycles. The van der Waals surface area contributed by atoms with Crippen molar-refractivity contribution in [3.05, 3.63) is 29.8 Å². The molecule has 1 N–H and O–H groups in total. The first-order chi connectivity index (χ1) is 12.9. The highest BCUT2D eigenvalue weighted by molar-refractivity contribution is 14.0. The maximum absolute atomic E-state index is 12.9. The zero-order valence-corrected chi connectivity index (χ0v) is 19.0. The summed E-state index contributed by atoms with van der Waals surface area (Å²) < 4.78 is 44.2. The van der Waals surface area contributed by atoms with Gasteiger partial charge in [-0.2, -0.15) is 13.2 Å². The van der Waals surface area contributed by atoms with Crippen LogP contribution in [0.15, 0.2) is 29.3 Å². The number of benzene rings is 1. The number of alkyl halides is 3. The van der Waals surface area contributed by atoms with Gasteiger partial charge in [0, 0.05) is 39.8 Å². The highest BCUT2D eigenvalue weighted by atomic mass is 127. The van der Waals surface area contributed by atoms with Crippen molar-refractivity contribution < 1.29 is 17.9 Å². The fourth-order valence-corrected chi connectivity index (χ4v) is 3.18. The largest absolute Gasteiger partial charge is 0.494 e. The summed E-state index contributed by atoms with van der Waals surface area (Å²) in [5, 5.41) is 3.31. The summed E-state index contributed by atoms with van der Waals surface area (Å²) >= 11 is 0. The van der Waals surface area contributed by atoms with Crippen LogP contribution in [0.1, 0.15) is 19.4 Å². The van der Waals surface area contributed by atoms with Crippen molar-refractivity contribution in [1.82, 2.24) is 15.1 Å². The molecule has 28 heavy (non-hydrogen) atoms. The molecule has 1 fully saturated rings. The van der Waals surface area contributed by atoms with E-state index in [0.29, 0.717) is 39.3 Å². The third-order valence-electron chi connectivity index (χ3n) is 4.80. The number of hydrogen-bond donors (Lipinski definition) is 1. The van der Waals surface area contributed by atoms with E-state index in [1.165, 1.54) is 11.8 Å². The molecule has 0 aromatic heterocycles. The van der Waals surface area contributed by atoms with E-state index in [2.05, 4.69) is 10.3 Å². The first kappa shape index (κ1) is 24.8. The minimum atomic E-state index is -4.18. The van der Waals surface area contributed by atoms with Gasteiger partial charge in [-0.1, -0.05) is 18.2 Å². The van der Waals surface area contributed by atoms with Crippen molar-refractivity contribution >= 4 is 29.9 Å². The Labute approximate surface area is 182 Å². The molecule has 5 nitrogen and oxygen atoms in total. The summed E-state index contributed by atoms with van der Waals surface area (Å²) in [7, 11) is 1.70. The monoisotopic (exact) mass is 514 g/mol. The third kappa shape index (κ3) is 6.98. The average molecular weight is 514 g/mol. The summed E-state index contributed by atoms with van der Waals surface area (Å²) in [6, 6.07) is 6.50. The Kier molecular flexibility index (Phi) is 10.4. The predicted molar refractivity (Wildman–Crippen MR) is 117 cm³/mol. The normalized spacial score (nSPS) is 17.1. The Morgan fingerprint density at radius 3 is 2.43 bits per heavy atom. The van der Waals surface area contributed by atoms with E-state index in [-0.39, 0.29) is 24.0 Å². The van der Waals surface area contributed by atoms with Gasteiger partial charge in [0.25, 0.3) is 0 Å².